The lowest BCUT2D eigenvalue weighted by atomic mass is 10.0. The summed E-state index contributed by atoms with van der Waals surface area (Å²) in [6.07, 6.45) is 0. The minimum absolute atomic E-state index is 0.0168. The van der Waals surface area contributed by atoms with Crippen molar-refractivity contribution in [1.82, 2.24) is 5.32 Å². The molecule has 2 aromatic carbocycles. The van der Waals surface area contributed by atoms with E-state index in [9.17, 15) is 14.9 Å². The topological polar surface area (TPSA) is 79.9 Å². The molecule has 0 aliphatic carbocycles. The van der Waals surface area contributed by atoms with E-state index in [1.54, 1.807) is 13.0 Å². The van der Waals surface area contributed by atoms with Gasteiger partial charge in [-0.25, -0.2) is 0 Å². The number of anilines is 1. The normalized spacial score (nSPS) is 11.9. The zero-order valence-electron chi connectivity index (χ0n) is 16.4. The maximum absolute atomic E-state index is 12.5. The van der Waals surface area contributed by atoms with Gasteiger partial charge in [0.25, 0.3) is 11.6 Å². The summed E-state index contributed by atoms with van der Waals surface area (Å²) in [4.78, 5) is 26.2. The number of aryl methyl sites for hydroxylation is 1. The average molecular weight is 371 g/mol. The Bertz CT molecular complexity index is 816. The van der Waals surface area contributed by atoms with E-state index in [-0.39, 0.29) is 17.6 Å². The third kappa shape index (κ3) is 5.04. The second kappa shape index (κ2) is 8.64. The zero-order chi connectivity index (χ0) is 20.1. The lowest BCUT2D eigenvalue weighted by Gasteiger charge is -2.23. The number of quaternary nitrogens is 1. The van der Waals surface area contributed by atoms with E-state index in [0.717, 1.165) is 11.3 Å². The Hall–Kier alpha value is -2.93. The van der Waals surface area contributed by atoms with Gasteiger partial charge in [0.15, 0.2) is 0 Å². The highest BCUT2D eigenvalue weighted by atomic mass is 16.6. The third-order valence-electron chi connectivity index (χ3n) is 4.63. The number of likely N-dealkylation sites (N-methyl/N-ethyl adjacent to an activating group) is 1. The molecule has 1 amide bonds. The molecule has 0 saturated heterocycles. The molecule has 7 heteroatoms. The molecule has 0 unspecified atom stereocenters. The number of nitro benzene ring substituents is 1. The second-order valence-corrected chi connectivity index (χ2v) is 7.08. The van der Waals surface area contributed by atoms with Gasteiger partial charge in [-0.15, -0.1) is 0 Å². The molecule has 0 aromatic heterocycles. The van der Waals surface area contributed by atoms with E-state index in [0.29, 0.717) is 17.7 Å². The molecule has 0 bridgehead atoms. The van der Waals surface area contributed by atoms with Crippen LogP contribution >= 0.6 is 0 Å². The molecule has 1 atom stereocenters. The fraction of sp³-hybridized carbons (Fsp3) is 0.350. The molecule has 27 heavy (non-hydrogen) atoms. The van der Waals surface area contributed by atoms with Crippen molar-refractivity contribution in [3.05, 3.63) is 69.3 Å². The van der Waals surface area contributed by atoms with Crippen molar-refractivity contribution in [1.29, 1.82) is 0 Å². The Kier molecular flexibility index (Phi) is 6.52. The standard InChI is InChI=1S/C20H26N4O3/c1-14-12-16(8-11-18(14)24(26)27)20(25)21-13-19(23(4)5)15-6-9-17(10-7-15)22(2)3/h6-12,19H,13H2,1-5H3,(H,21,25)/p+1/t19-/m0/s1. The van der Waals surface area contributed by atoms with Gasteiger partial charge in [-0.2, -0.15) is 0 Å². The minimum atomic E-state index is -0.445. The summed E-state index contributed by atoms with van der Waals surface area (Å²) < 4.78 is 0. The van der Waals surface area contributed by atoms with Crippen molar-refractivity contribution >= 4 is 17.3 Å². The molecule has 0 heterocycles. The van der Waals surface area contributed by atoms with Crippen molar-refractivity contribution in [2.45, 2.75) is 13.0 Å². The van der Waals surface area contributed by atoms with Crippen LogP contribution in [0, 0.1) is 17.0 Å². The third-order valence-corrected chi connectivity index (χ3v) is 4.63. The molecule has 0 fully saturated rings. The van der Waals surface area contributed by atoms with Gasteiger partial charge in [0.2, 0.25) is 0 Å². The molecule has 0 aliphatic heterocycles. The monoisotopic (exact) mass is 371 g/mol. The number of rotatable bonds is 7. The highest BCUT2D eigenvalue weighted by Crippen LogP contribution is 2.19. The van der Waals surface area contributed by atoms with E-state index in [4.69, 9.17) is 0 Å². The Balaban J connectivity index is 2.10. The van der Waals surface area contributed by atoms with Crippen molar-refractivity contribution in [3.63, 3.8) is 0 Å². The maximum Gasteiger partial charge on any atom is 0.272 e. The van der Waals surface area contributed by atoms with Crippen LogP contribution in [0.5, 0.6) is 0 Å². The number of nitrogens with zero attached hydrogens (tertiary/aromatic N) is 2. The molecular weight excluding hydrogens is 344 g/mol. The van der Waals surface area contributed by atoms with Crippen molar-refractivity contribution in [3.8, 4) is 0 Å². The lowest BCUT2D eigenvalue weighted by molar-refractivity contribution is -0.890. The number of hydrogen-bond acceptors (Lipinski definition) is 4. The lowest BCUT2D eigenvalue weighted by Crippen LogP contribution is -3.07. The summed E-state index contributed by atoms with van der Waals surface area (Å²) in [5, 5.41) is 13.9. The van der Waals surface area contributed by atoms with Crippen LogP contribution in [0.1, 0.15) is 27.5 Å². The fourth-order valence-electron chi connectivity index (χ4n) is 2.96. The number of benzene rings is 2. The number of nitrogens with one attached hydrogen (secondary N) is 2. The molecule has 144 valence electrons. The SMILES string of the molecule is Cc1cc(C(=O)NC[C@@H](c2ccc(N(C)C)cc2)[NH+](C)C)ccc1[N+](=O)[O-]. The van der Waals surface area contributed by atoms with Gasteiger partial charge in [0.1, 0.15) is 6.04 Å². The Labute approximate surface area is 159 Å². The molecule has 0 aliphatic rings. The number of amides is 1. The quantitative estimate of drug-likeness (QED) is 0.572. The van der Waals surface area contributed by atoms with Crippen LogP contribution in [0.2, 0.25) is 0 Å². The minimum Gasteiger partial charge on any atom is -0.378 e. The van der Waals surface area contributed by atoms with Gasteiger partial charge in [-0.3, -0.25) is 14.9 Å². The van der Waals surface area contributed by atoms with Gasteiger partial charge in [-0.05, 0) is 31.2 Å². The van der Waals surface area contributed by atoms with Gasteiger partial charge < -0.3 is 15.1 Å². The summed E-state index contributed by atoms with van der Waals surface area (Å²) in [6, 6.07) is 12.8. The molecule has 0 spiro atoms. The first kappa shape index (κ1) is 20.4. The van der Waals surface area contributed by atoms with Crippen molar-refractivity contribution in [2.24, 2.45) is 0 Å². The van der Waals surface area contributed by atoms with E-state index in [1.807, 2.05) is 33.1 Å². The van der Waals surface area contributed by atoms with Crippen LogP contribution in [0.3, 0.4) is 0 Å². The summed E-state index contributed by atoms with van der Waals surface area (Å²) in [6.45, 7) is 2.10. The Morgan fingerprint density at radius 3 is 2.30 bits per heavy atom. The van der Waals surface area contributed by atoms with Crippen LogP contribution in [-0.4, -0.2) is 45.6 Å². The molecule has 0 radical (unpaired) electrons. The summed E-state index contributed by atoms with van der Waals surface area (Å²) in [5.41, 5.74) is 3.18. The summed E-state index contributed by atoms with van der Waals surface area (Å²) in [7, 11) is 8.09. The zero-order valence-corrected chi connectivity index (χ0v) is 16.4. The van der Waals surface area contributed by atoms with Gasteiger partial charge in [0.05, 0.1) is 25.6 Å². The Morgan fingerprint density at radius 2 is 1.81 bits per heavy atom. The van der Waals surface area contributed by atoms with E-state index in [1.165, 1.54) is 17.0 Å². The van der Waals surface area contributed by atoms with Crippen molar-refractivity contribution < 1.29 is 14.6 Å². The van der Waals surface area contributed by atoms with Crippen LogP contribution < -0.4 is 15.1 Å². The molecular formula is C20H27N4O3+. The number of carbonyl (C=O) groups excluding carboxylic acids is 1. The first-order chi connectivity index (χ1) is 12.7. The molecule has 7 nitrogen and oxygen atoms in total. The molecule has 2 aromatic rings. The fourth-order valence-corrected chi connectivity index (χ4v) is 2.96. The number of nitro groups is 1. The highest BCUT2D eigenvalue weighted by Gasteiger charge is 2.20. The van der Waals surface area contributed by atoms with Crippen molar-refractivity contribution in [2.75, 3.05) is 39.6 Å². The Morgan fingerprint density at radius 1 is 1.19 bits per heavy atom. The second-order valence-electron chi connectivity index (χ2n) is 7.08. The smallest absolute Gasteiger partial charge is 0.272 e. The van der Waals surface area contributed by atoms with E-state index in [2.05, 4.69) is 29.6 Å². The van der Waals surface area contributed by atoms with Gasteiger partial charge in [0, 0.05) is 42.5 Å². The number of hydrogen-bond donors (Lipinski definition) is 2. The summed E-state index contributed by atoms with van der Waals surface area (Å²) in [5.74, 6) is -0.232. The molecule has 2 N–H and O–H groups in total. The molecule has 2 rings (SSSR count). The van der Waals surface area contributed by atoms with Gasteiger partial charge in [-0.1, -0.05) is 12.1 Å². The van der Waals surface area contributed by atoms with Crippen LogP contribution in [0.4, 0.5) is 11.4 Å². The van der Waals surface area contributed by atoms with Gasteiger partial charge >= 0.3 is 0 Å². The molecule has 0 saturated carbocycles. The first-order valence-electron chi connectivity index (χ1n) is 8.81. The maximum atomic E-state index is 12.5. The average Bonchev–Trinajstić information content (AvgIpc) is 2.61. The van der Waals surface area contributed by atoms with Crippen LogP contribution in [-0.2, 0) is 0 Å². The summed E-state index contributed by atoms with van der Waals surface area (Å²) >= 11 is 0. The number of carbonyl (C=O) groups is 1. The predicted molar refractivity (Wildman–Crippen MR) is 106 cm³/mol. The van der Waals surface area contributed by atoms with Crippen LogP contribution in [0.15, 0.2) is 42.5 Å². The van der Waals surface area contributed by atoms with E-state index < -0.39 is 4.92 Å². The largest absolute Gasteiger partial charge is 0.378 e. The highest BCUT2D eigenvalue weighted by molar-refractivity contribution is 5.94. The van der Waals surface area contributed by atoms with E-state index >= 15 is 0 Å². The first-order valence-corrected chi connectivity index (χ1v) is 8.81. The van der Waals surface area contributed by atoms with Crippen LogP contribution in [0.25, 0.3) is 0 Å². The predicted octanol–water partition coefficient (Wildman–Crippen LogP) is 1.58.